The summed E-state index contributed by atoms with van der Waals surface area (Å²) in [6.07, 6.45) is 0.627. The molecule has 0 radical (unpaired) electrons. The Kier molecular flexibility index (Phi) is 5.80. The number of benzene rings is 2. The Morgan fingerprint density at radius 2 is 1.97 bits per heavy atom. The molecule has 0 aliphatic heterocycles. The molecule has 2 aromatic carbocycles. The number of hydrogen-bond donors (Lipinski definition) is 3. The molecule has 7 nitrogen and oxygen atoms in total. The standard InChI is InChI=1S/C24H20ClN5O2/c1-13-16(14(2)27-24(32)18(13)12-26)8-10-22(31)28-15-7-9-20-21(11-15)30-23(29-20)17-5-3-4-6-19(17)25/h3-7,9,11H,8,10H2,1-2H3,(H,27,32)(H,28,31)(H,29,30). The molecular weight excluding hydrogens is 426 g/mol. The van der Waals surface area contributed by atoms with Crippen molar-refractivity contribution in [2.45, 2.75) is 26.7 Å². The van der Waals surface area contributed by atoms with Crippen LogP contribution in [0.1, 0.15) is 28.8 Å². The lowest BCUT2D eigenvalue weighted by molar-refractivity contribution is -0.116. The molecular formula is C24H20ClN5O2. The number of aromatic amines is 2. The molecule has 0 unspecified atom stereocenters. The lowest BCUT2D eigenvalue weighted by Crippen LogP contribution is -2.18. The van der Waals surface area contributed by atoms with Crippen LogP contribution in [-0.4, -0.2) is 20.9 Å². The fourth-order valence-corrected chi connectivity index (χ4v) is 3.98. The molecule has 1 amide bonds. The van der Waals surface area contributed by atoms with Gasteiger partial charge in [-0.05, 0) is 61.7 Å². The third-order valence-corrected chi connectivity index (χ3v) is 5.75. The fraction of sp³-hybridized carbons (Fsp3) is 0.167. The zero-order chi connectivity index (χ0) is 22.8. The smallest absolute Gasteiger partial charge is 0.266 e. The van der Waals surface area contributed by atoms with Gasteiger partial charge in [-0.2, -0.15) is 5.26 Å². The molecule has 0 spiro atoms. The number of halogens is 1. The van der Waals surface area contributed by atoms with Gasteiger partial charge in [-0.25, -0.2) is 4.98 Å². The van der Waals surface area contributed by atoms with E-state index in [1.807, 2.05) is 36.4 Å². The molecule has 4 aromatic rings. The summed E-state index contributed by atoms with van der Waals surface area (Å²) in [6, 6.07) is 14.8. The van der Waals surface area contributed by atoms with E-state index in [9.17, 15) is 14.9 Å². The predicted octanol–water partition coefficient (Wildman–Crippen LogP) is 4.63. The van der Waals surface area contributed by atoms with Gasteiger partial charge in [-0.3, -0.25) is 9.59 Å². The van der Waals surface area contributed by atoms with Gasteiger partial charge in [0.2, 0.25) is 5.91 Å². The number of aryl methyl sites for hydroxylation is 1. The SMILES string of the molecule is Cc1[nH]c(=O)c(C#N)c(C)c1CCC(=O)Nc1ccc2nc(-c3ccccc3Cl)[nH]c2c1. The van der Waals surface area contributed by atoms with Crippen LogP contribution in [0.2, 0.25) is 5.02 Å². The number of nitriles is 1. The topological polar surface area (TPSA) is 114 Å². The van der Waals surface area contributed by atoms with Crippen LogP contribution in [0.3, 0.4) is 0 Å². The molecule has 160 valence electrons. The number of nitrogens with one attached hydrogen (secondary N) is 3. The molecule has 0 saturated carbocycles. The second-order valence-corrected chi connectivity index (χ2v) is 7.92. The van der Waals surface area contributed by atoms with Crippen LogP contribution < -0.4 is 10.9 Å². The molecule has 2 aromatic heterocycles. The van der Waals surface area contributed by atoms with Gasteiger partial charge in [0.1, 0.15) is 17.5 Å². The third kappa shape index (κ3) is 4.13. The molecule has 4 rings (SSSR count). The molecule has 0 fully saturated rings. The van der Waals surface area contributed by atoms with Crippen LogP contribution in [-0.2, 0) is 11.2 Å². The van der Waals surface area contributed by atoms with Crippen molar-refractivity contribution in [3.63, 3.8) is 0 Å². The fourth-order valence-electron chi connectivity index (χ4n) is 3.75. The largest absolute Gasteiger partial charge is 0.338 e. The summed E-state index contributed by atoms with van der Waals surface area (Å²) in [5, 5.41) is 12.7. The Morgan fingerprint density at radius 1 is 1.19 bits per heavy atom. The summed E-state index contributed by atoms with van der Waals surface area (Å²) in [7, 11) is 0. The zero-order valence-electron chi connectivity index (χ0n) is 17.5. The lowest BCUT2D eigenvalue weighted by Gasteiger charge is -2.11. The Bertz CT molecular complexity index is 1450. The van der Waals surface area contributed by atoms with Crippen molar-refractivity contribution in [1.82, 2.24) is 15.0 Å². The minimum atomic E-state index is -0.403. The van der Waals surface area contributed by atoms with E-state index in [4.69, 9.17) is 11.6 Å². The summed E-state index contributed by atoms with van der Waals surface area (Å²) in [4.78, 5) is 34.9. The summed E-state index contributed by atoms with van der Waals surface area (Å²) >= 11 is 6.27. The molecule has 2 heterocycles. The van der Waals surface area contributed by atoms with Crippen LogP contribution in [0.4, 0.5) is 5.69 Å². The van der Waals surface area contributed by atoms with Gasteiger partial charge >= 0.3 is 0 Å². The van der Waals surface area contributed by atoms with Crippen LogP contribution in [0, 0.1) is 25.2 Å². The highest BCUT2D eigenvalue weighted by atomic mass is 35.5. The normalized spacial score (nSPS) is 10.8. The highest BCUT2D eigenvalue weighted by molar-refractivity contribution is 6.33. The highest BCUT2D eigenvalue weighted by Crippen LogP contribution is 2.28. The molecule has 0 aliphatic rings. The number of pyridine rings is 1. The summed E-state index contributed by atoms with van der Waals surface area (Å²) in [5.74, 6) is 0.491. The molecule has 0 saturated heterocycles. The highest BCUT2D eigenvalue weighted by Gasteiger charge is 2.14. The maximum Gasteiger partial charge on any atom is 0.266 e. The number of hydrogen-bond acceptors (Lipinski definition) is 4. The van der Waals surface area contributed by atoms with Crippen LogP contribution >= 0.6 is 11.6 Å². The number of rotatable bonds is 5. The van der Waals surface area contributed by atoms with Gasteiger partial charge in [0.25, 0.3) is 5.56 Å². The van der Waals surface area contributed by atoms with E-state index in [-0.39, 0.29) is 17.9 Å². The number of amides is 1. The van der Waals surface area contributed by atoms with E-state index in [0.29, 0.717) is 34.2 Å². The number of fused-ring (bicyclic) bond motifs is 1. The lowest BCUT2D eigenvalue weighted by atomic mass is 9.99. The Morgan fingerprint density at radius 3 is 2.72 bits per heavy atom. The Balaban J connectivity index is 1.49. The first-order valence-electron chi connectivity index (χ1n) is 10.0. The van der Waals surface area contributed by atoms with E-state index >= 15 is 0 Å². The first kappa shape index (κ1) is 21.3. The quantitative estimate of drug-likeness (QED) is 0.415. The third-order valence-electron chi connectivity index (χ3n) is 5.42. The van der Waals surface area contributed by atoms with Gasteiger partial charge in [0.15, 0.2) is 0 Å². The van der Waals surface area contributed by atoms with Crippen LogP contribution in [0.25, 0.3) is 22.4 Å². The summed E-state index contributed by atoms with van der Waals surface area (Å²) in [5.41, 5.74) is 4.78. The van der Waals surface area contributed by atoms with Crippen molar-refractivity contribution in [3.8, 4) is 17.5 Å². The van der Waals surface area contributed by atoms with E-state index in [2.05, 4.69) is 20.3 Å². The van der Waals surface area contributed by atoms with Gasteiger partial charge in [-0.15, -0.1) is 0 Å². The van der Waals surface area contributed by atoms with E-state index < -0.39 is 5.56 Å². The average Bonchev–Trinajstić information content (AvgIpc) is 3.17. The number of carbonyl (C=O) groups excluding carboxylic acids is 1. The minimum Gasteiger partial charge on any atom is -0.338 e. The summed E-state index contributed by atoms with van der Waals surface area (Å²) in [6.45, 7) is 3.50. The van der Waals surface area contributed by atoms with Gasteiger partial charge in [-0.1, -0.05) is 23.7 Å². The molecule has 32 heavy (non-hydrogen) atoms. The molecule has 0 bridgehead atoms. The van der Waals surface area contributed by atoms with Crippen molar-refractivity contribution in [2.75, 3.05) is 5.32 Å². The van der Waals surface area contributed by atoms with Gasteiger partial charge < -0.3 is 15.3 Å². The second kappa shape index (κ2) is 8.69. The zero-order valence-corrected chi connectivity index (χ0v) is 18.3. The summed E-state index contributed by atoms with van der Waals surface area (Å²) < 4.78 is 0. The van der Waals surface area contributed by atoms with Crippen molar-refractivity contribution in [3.05, 3.63) is 80.2 Å². The van der Waals surface area contributed by atoms with Crippen molar-refractivity contribution >= 4 is 34.2 Å². The predicted molar refractivity (Wildman–Crippen MR) is 125 cm³/mol. The van der Waals surface area contributed by atoms with Crippen LogP contribution in [0.15, 0.2) is 47.3 Å². The second-order valence-electron chi connectivity index (χ2n) is 7.51. The number of H-pyrrole nitrogens is 2. The molecule has 0 aliphatic carbocycles. The maximum absolute atomic E-state index is 12.5. The first-order chi connectivity index (χ1) is 15.4. The van der Waals surface area contributed by atoms with E-state index in [1.54, 1.807) is 26.0 Å². The number of imidazole rings is 1. The number of anilines is 1. The van der Waals surface area contributed by atoms with Crippen LogP contribution in [0.5, 0.6) is 0 Å². The molecule has 3 N–H and O–H groups in total. The van der Waals surface area contributed by atoms with Gasteiger partial charge in [0, 0.05) is 23.4 Å². The van der Waals surface area contributed by atoms with Crippen molar-refractivity contribution < 1.29 is 4.79 Å². The maximum atomic E-state index is 12.5. The van der Waals surface area contributed by atoms with E-state index in [1.165, 1.54) is 0 Å². The molecule has 0 atom stereocenters. The van der Waals surface area contributed by atoms with Crippen molar-refractivity contribution in [1.29, 1.82) is 5.26 Å². The van der Waals surface area contributed by atoms with Crippen molar-refractivity contribution in [2.24, 2.45) is 0 Å². The Hall–Kier alpha value is -3.89. The monoisotopic (exact) mass is 445 g/mol. The van der Waals surface area contributed by atoms with Gasteiger partial charge in [0.05, 0.1) is 16.1 Å². The first-order valence-corrected chi connectivity index (χ1v) is 10.4. The Labute approximate surface area is 189 Å². The number of carbonyl (C=O) groups is 1. The minimum absolute atomic E-state index is 0.0880. The number of nitrogens with zero attached hydrogens (tertiary/aromatic N) is 2. The molecule has 8 heteroatoms. The average molecular weight is 446 g/mol. The van der Waals surface area contributed by atoms with E-state index in [0.717, 1.165) is 22.2 Å². The number of aromatic nitrogens is 3.